The first kappa shape index (κ1) is 20.0. The summed E-state index contributed by atoms with van der Waals surface area (Å²) in [6.45, 7) is 1.23. The molecule has 0 radical (unpaired) electrons. The summed E-state index contributed by atoms with van der Waals surface area (Å²) in [7, 11) is 2.78. The molecule has 2 aromatic rings. The quantitative estimate of drug-likeness (QED) is 0.706. The third-order valence-corrected chi connectivity index (χ3v) is 3.77. The molecule has 1 atom stereocenters. The van der Waals surface area contributed by atoms with Crippen LogP contribution in [-0.4, -0.2) is 32.1 Å². The van der Waals surface area contributed by atoms with Gasteiger partial charge in [-0.2, -0.15) is 0 Å². The van der Waals surface area contributed by atoms with E-state index in [2.05, 4.69) is 10.1 Å². The molecule has 144 valence electrons. The van der Waals surface area contributed by atoms with Crippen LogP contribution >= 0.6 is 0 Å². The third kappa shape index (κ3) is 5.60. The number of carbonyl (C=O) groups excluding carboxylic acids is 3. The van der Waals surface area contributed by atoms with Crippen LogP contribution in [0.4, 0.5) is 0 Å². The van der Waals surface area contributed by atoms with Crippen molar-refractivity contribution in [1.29, 1.82) is 0 Å². The van der Waals surface area contributed by atoms with Gasteiger partial charge in [-0.1, -0.05) is 12.1 Å². The molecule has 0 fully saturated rings. The van der Waals surface area contributed by atoms with E-state index in [1.54, 1.807) is 31.4 Å². The van der Waals surface area contributed by atoms with Crippen LogP contribution in [0.1, 0.15) is 41.1 Å². The Hall–Kier alpha value is -3.29. The van der Waals surface area contributed by atoms with Gasteiger partial charge in [0, 0.05) is 12.5 Å². The van der Waals surface area contributed by atoms with Crippen molar-refractivity contribution in [3.05, 3.63) is 53.5 Å². The Balaban J connectivity index is 2.02. The minimum Gasteiger partial charge on any atom is -0.497 e. The fourth-order valence-electron chi connectivity index (χ4n) is 2.44. The number of nitrogens with one attached hydrogen (secondary N) is 1. The van der Waals surface area contributed by atoms with Gasteiger partial charge in [0.15, 0.2) is 0 Å². The van der Waals surface area contributed by atoms with E-state index >= 15 is 0 Å². The topological polar surface area (TPSA) is 104 Å². The van der Waals surface area contributed by atoms with E-state index in [-0.39, 0.29) is 24.7 Å². The molecule has 1 aromatic heterocycles. The monoisotopic (exact) mass is 375 g/mol. The van der Waals surface area contributed by atoms with Crippen molar-refractivity contribution in [2.24, 2.45) is 0 Å². The summed E-state index contributed by atoms with van der Waals surface area (Å²) in [4.78, 5) is 35.3. The Bertz CT molecular complexity index is 795. The molecular weight excluding hydrogens is 354 g/mol. The van der Waals surface area contributed by atoms with Crippen molar-refractivity contribution in [3.63, 3.8) is 0 Å². The van der Waals surface area contributed by atoms with Gasteiger partial charge in [0.2, 0.25) is 11.7 Å². The second kappa shape index (κ2) is 9.42. The van der Waals surface area contributed by atoms with Crippen LogP contribution in [0, 0.1) is 0 Å². The summed E-state index contributed by atoms with van der Waals surface area (Å²) in [5, 5.41) is 2.72. The maximum atomic E-state index is 12.2. The zero-order chi connectivity index (χ0) is 19.8. The Labute approximate surface area is 156 Å². The molecule has 1 unspecified atom stereocenters. The Morgan fingerprint density at radius 3 is 2.41 bits per heavy atom. The Kier molecular flexibility index (Phi) is 6.99. The highest BCUT2D eigenvalue weighted by atomic mass is 16.5. The van der Waals surface area contributed by atoms with Crippen LogP contribution in [0.2, 0.25) is 0 Å². The highest BCUT2D eigenvalue weighted by Gasteiger charge is 2.20. The molecule has 1 N–H and O–H groups in total. The zero-order valence-electron chi connectivity index (χ0n) is 15.3. The maximum Gasteiger partial charge on any atom is 0.374 e. The van der Waals surface area contributed by atoms with Gasteiger partial charge in [-0.25, -0.2) is 4.79 Å². The summed E-state index contributed by atoms with van der Waals surface area (Å²) >= 11 is 0. The van der Waals surface area contributed by atoms with Gasteiger partial charge in [0.1, 0.15) is 12.4 Å². The van der Waals surface area contributed by atoms with E-state index in [1.807, 2.05) is 0 Å². The summed E-state index contributed by atoms with van der Waals surface area (Å²) in [6.07, 6.45) is 1.24. The molecule has 0 aliphatic carbocycles. The summed E-state index contributed by atoms with van der Waals surface area (Å²) in [5.74, 6) is -0.814. The summed E-state index contributed by atoms with van der Waals surface area (Å²) in [6, 6.07) is 7.97. The van der Waals surface area contributed by atoms with Crippen molar-refractivity contribution in [1.82, 2.24) is 5.32 Å². The lowest BCUT2D eigenvalue weighted by atomic mass is 10.0. The van der Waals surface area contributed by atoms with E-state index in [4.69, 9.17) is 13.9 Å². The van der Waals surface area contributed by atoms with Crippen molar-refractivity contribution in [3.8, 4) is 5.75 Å². The van der Waals surface area contributed by atoms with E-state index in [1.165, 1.54) is 26.4 Å². The molecule has 0 bridgehead atoms. The summed E-state index contributed by atoms with van der Waals surface area (Å²) < 4.78 is 20.0. The van der Waals surface area contributed by atoms with E-state index in [9.17, 15) is 14.4 Å². The molecule has 0 aliphatic heterocycles. The van der Waals surface area contributed by atoms with Gasteiger partial charge in [-0.3, -0.25) is 9.59 Å². The van der Waals surface area contributed by atoms with Gasteiger partial charge in [-0.05, 0) is 23.8 Å². The van der Waals surface area contributed by atoms with Gasteiger partial charge >= 0.3 is 11.9 Å². The predicted molar refractivity (Wildman–Crippen MR) is 94.0 cm³/mol. The molecule has 0 spiro atoms. The molecule has 0 saturated carbocycles. The zero-order valence-corrected chi connectivity index (χ0v) is 15.3. The average molecular weight is 375 g/mol. The molecule has 1 aromatic carbocycles. The van der Waals surface area contributed by atoms with Crippen molar-refractivity contribution >= 4 is 17.8 Å². The van der Waals surface area contributed by atoms with Crippen molar-refractivity contribution < 1.29 is 33.0 Å². The second-order valence-corrected chi connectivity index (χ2v) is 5.66. The van der Waals surface area contributed by atoms with Crippen LogP contribution in [0.3, 0.4) is 0 Å². The molecular formula is C19H21NO7. The largest absolute Gasteiger partial charge is 0.497 e. The van der Waals surface area contributed by atoms with Crippen LogP contribution in [0.15, 0.2) is 41.0 Å². The van der Waals surface area contributed by atoms with E-state index in [0.29, 0.717) is 11.3 Å². The van der Waals surface area contributed by atoms with Crippen LogP contribution in [-0.2, 0) is 25.7 Å². The number of amides is 1. The summed E-state index contributed by atoms with van der Waals surface area (Å²) in [5.41, 5.74) is 1.14. The SMILES string of the molecule is COC(=O)c1occc1COC(=O)CC(NC(C)=O)c1ccc(OC)cc1. The van der Waals surface area contributed by atoms with E-state index < -0.39 is 18.0 Å². The lowest BCUT2D eigenvalue weighted by molar-refractivity contribution is -0.145. The van der Waals surface area contributed by atoms with Gasteiger partial charge in [0.05, 0.1) is 32.9 Å². The normalized spacial score (nSPS) is 11.4. The smallest absolute Gasteiger partial charge is 0.374 e. The van der Waals surface area contributed by atoms with Crippen molar-refractivity contribution in [2.75, 3.05) is 14.2 Å². The predicted octanol–water partition coefficient (Wildman–Crippen LogP) is 2.39. The molecule has 1 amide bonds. The molecule has 8 heteroatoms. The highest BCUT2D eigenvalue weighted by molar-refractivity contribution is 5.87. The Morgan fingerprint density at radius 2 is 1.81 bits per heavy atom. The van der Waals surface area contributed by atoms with Crippen LogP contribution in [0.5, 0.6) is 5.75 Å². The third-order valence-electron chi connectivity index (χ3n) is 3.77. The molecule has 0 saturated heterocycles. The van der Waals surface area contributed by atoms with Crippen molar-refractivity contribution in [2.45, 2.75) is 26.0 Å². The molecule has 27 heavy (non-hydrogen) atoms. The molecule has 0 aliphatic rings. The second-order valence-electron chi connectivity index (χ2n) is 5.66. The fraction of sp³-hybridized carbons (Fsp3) is 0.316. The standard InChI is InChI=1S/C19H21NO7/c1-12(21)20-16(13-4-6-15(24-2)7-5-13)10-17(22)27-11-14-8-9-26-18(14)19(23)25-3/h4-9,16H,10-11H2,1-3H3,(H,20,21). The number of hydrogen-bond donors (Lipinski definition) is 1. The fourth-order valence-corrected chi connectivity index (χ4v) is 2.44. The molecule has 2 rings (SSSR count). The highest BCUT2D eigenvalue weighted by Crippen LogP contribution is 2.21. The number of hydrogen-bond acceptors (Lipinski definition) is 7. The number of ether oxygens (including phenoxy) is 3. The first-order chi connectivity index (χ1) is 12.9. The first-order valence-electron chi connectivity index (χ1n) is 8.16. The van der Waals surface area contributed by atoms with Crippen LogP contribution < -0.4 is 10.1 Å². The Morgan fingerprint density at radius 1 is 1.11 bits per heavy atom. The number of rotatable bonds is 8. The number of methoxy groups -OCH3 is 2. The lowest BCUT2D eigenvalue weighted by Crippen LogP contribution is -2.28. The maximum absolute atomic E-state index is 12.2. The average Bonchev–Trinajstić information content (AvgIpc) is 3.13. The molecule has 8 nitrogen and oxygen atoms in total. The van der Waals surface area contributed by atoms with Gasteiger partial charge < -0.3 is 23.9 Å². The van der Waals surface area contributed by atoms with Gasteiger partial charge in [-0.15, -0.1) is 0 Å². The minimum absolute atomic E-state index is 0.0149. The molecule has 1 heterocycles. The van der Waals surface area contributed by atoms with Crippen LogP contribution in [0.25, 0.3) is 0 Å². The number of carbonyl (C=O) groups is 3. The number of esters is 2. The number of benzene rings is 1. The lowest BCUT2D eigenvalue weighted by Gasteiger charge is -2.18. The van der Waals surface area contributed by atoms with Gasteiger partial charge in [0.25, 0.3) is 0 Å². The minimum atomic E-state index is -0.652. The first-order valence-corrected chi connectivity index (χ1v) is 8.16. The van der Waals surface area contributed by atoms with E-state index in [0.717, 1.165) is 5.56 Å². The number of furan rings is 1.